The Kier molecular flexibility index (Phi) is 1.91. The zero-order valence-corrected chi connectivity index (χ0v) is 7.86. The first-order valence-electron chi connectivity index (χ1n) is 3.92. The fourth-order valence-electron chi connectivity index (χ4n) is 1.57. The highest BCUT2D eigenvalue weighted by atomic mass is 35.5. The Morgan fingerprint density at radius 3 is 2.00 bits per heavy atom. The van der Waals surface area contributed by atoms with Crippen molar-refractivity contribution in [3.8, 4) is 0 Å². The standard InChI is InChI=1S/C8H13ClO2/c1-4-8(5-2)7(3,9)6(10)11-8/h4-5H2,1-3H3. The third-order valence-electron chi connectivity index (χ3n) is 2.67. The molecule has 0 aromatic carbocycles. The Labute approximate surface area is 71.9 Å². The topological polar surface area (TPSA) is 26.3 Å². The molecule has 1 aliphatic rings. The average molecular weight is 177 g/mol. The van der Waals surface area contributed by atoms with Crippen molar-refractivity contribution < 1.29 is 9.53 Å². The van der Waals surface area contributed by atoms with Gasteiger partial charge in [0.1, 0.15) is 5.60 Å². The SMILES string of the molecule is CCC1(CC)OC(=O)C1(C)Cl. The van der Waals surface area contributed by atoms with Crippen LogP contribution in [0.5, 0.6) is 0 Å². The van der Waals surface area contributed by atoms with Crippen molar-refractivity contribution in [2.24, 2.45) is 0 Å². The molecular formula is C8H13ClO2. The van der Waals surface area contributed by atoms with Gasteiger partial charge in [0.05, 0.1) is 0 Å². The highest BCUT2D eigenvalue weighted by molar-refractivity contribution is 6.36. The molecule has 64 valence electrons. The van der Waals surface area contributed by atoms with E-state index in [1.54, 1.807) is 6.92 Å². The molecule has 0 spiro atoms. The fourth-order valence-corrected chi connectivity index (χ4v) is 1.91. The van der Waals surface area contributed by atoms with Crippen LogP contribution >= 0.6 is 11.6 Å². The molecular weight excluding hydrogens is 164 g/mol. The quantitative estimate of drug-likeness (QED) is 0.476. The highest BCUT2D eigenvalue weighted by Crippen LogP contribution is 2.47. The number of alkyl halides is 1. The molecule has 3 heteroatoms. The molecule has 0 radical (unpaired) electrons. The summed E-state index contributed by atoms with van der Waals surface area (Å²) in [5, 5.41) is 0. The molecule has 1 heterocycles. The molecule has 1 rings (SSSR count). The van der Waals surface area contributed by atoms with E-state index >= 15 is 0 Å². The lowest BCUT2D eigenvalue weighted by atomic mass is 9.78. The van der Waals surface area contributed by atoms with Crippen molar-refractivity contribution in [1.29, 1.82) is 0 Å². The van der Waals surface area contributed by atoms with Crippen LogP contribution < -0.4 is 0 Å². The number of cyclic esters (lactones) is 1. The number of halogens is 1. The minimum absolute atomic E-state index is 0.289. The Hall–Kier alpha value is -0.240. The van der Waals surface area contributed by atoms with Crippen LogP contribution in [0.15, 0.2) is 0 Å². The summed E-state index contributed by atoms with van der Waals surface area (Å²) < 4.78 is 5.07. The summed E-state index contributed by atoms with van der Waals surface area (Å²) in [6.45, 7) is 5.69. The molecule has 0 aromatic rings. The first-order chi connectivity index (χ1) is 5.00. The van der Waals surface area contributed by atoms with E-state index in [0.717, 1.165) is 12.8 Å². The van der Waals surface area contributed by atoms with E-state index in [1.807, 2.05) is 13.8 Å². The first-order valence-corrected chi connectivity index (χ1v) is 4.30. The minimum Gasteiger partial charge on any atom is -0.455 e. The average Bonchev–Trinajstić information content (AvgIpc) is 1.99. The monoisotopic (exact) mass is 176 g/mol. The van der Waals surface area contributed by atoms with Crippen molar-refractivity contribution in [1.82, 2.24) is 0 Å². The van der Waals surface area contributed by atoms with Crippen molar-refractivity contribution in [3.63, 3.8) is 0 Å². The van der Waals surface area contributed by atoms with Crippen LogP contribution in [-0.2, 0) is 9.53 Å². The van der Waals surface area contributed by atoms with E-state index in [4.69, 9.17) is 16.3 Å². The van der Waals surface area contributed by atoms with E-state index in [9.17, 15) is 4.79 Å². The molecule has 0 N–H and O–H groups in total. The molecule has 0 saturated carbocycles. The number of hydrogen-bond acceptors (Lipinski definition) is 2. The summed E-state index contributed by atoms with van der Waals surface area (Å²) in [4.78, 5) is 10.1. The third-order valence-corrected chi connectivity index (χ3v) is 3.17. The van der Waals surface area contributed by atoms with E-state index in [2.05, 4.69) is 0 Å². The molecule has 1 unspecified atom stereocenters. The van der Waals surface area contributed by atoms with Gasteiger partial charge in [-0.3, -0.25) is 0 Å². The molecule has 1 atom stereocenters. The third kappa shape index (κ3) is 0.886. The maximum Gasteiger partial charge on any atom is 0.331 e. The van der Waals surface area contributed by atoms with Crippen molar-refractivity contribution in [2.75, 3.05) is 0 Å². The molecule has 0 bridgehead atoms. The van der Waals surface area contributed by atoms with Crippen molar-refractivity contribution >= 4 is 17.6 Å². The van der Waals surface area contributed by atoms with E-state index in [1.165, 1.54) is 0 Å². The number of carbonyl (C=O) groups excluding carboxylic acids is 1. The molecule has 1 aliphatic heterocycles. The predicted octanol–water partition coefficient (Wildman–Crippen LogP) is 2.10. The predicted molar refractivity (Wildman–Crippen MR) is 43.7 cm³/mol. The van der Waals surface area contributed by atoms with Crippen molar-refractivity contribution in [3.05, 3.63) is 0 Å². The summed E-state index contributed by atoms with van der Waals surface area (Å²) >= 11 is 6.00. The number of carbonyl (C=O) groups is 1. The van der Waals surface area contributed by atoms with Crippen LogP contribution in [-0.4, -0.2) is 16.4 Å². The van der Waals surface area contributed by atoms with Crippen molar-refractivity contribution in [2.45, 2.75) is 44.1 Å². The summed E-state index contributed by atoms with van der Waals surface area (Å²) in [5.41, 5.74) is -0.411. The molecule has 11 heavy (non-hydrogen) atoms. The minimum atomic E-state index is -0.795. The smallest absolute Gasteiger partial charge is 0.331 e. The summed E-state index contributed by atoms with van der Waals surface area (Å²) in [6, 6.07) is 0. The van der Waals surface area contributed by atoms with Gasteiger partial charge in [-0.2, -0.15) is 0 Å². The number of hydrogen-bond donors (Lipinski definition) is 0. The Morgan fingerprint density at radius 1 is 1.45 bits per heavy atom. The zero-order valence-electron chi connectivity index (χ0n) is 7.11. The van der Waals surface area contributed by atoms with Gasteiger partial charge < -0.3 is 4.74 Å². The van der Waals surface area contributed by atoms with Gasteiger partial charge >= 0.3 is 5.97 Å². The maximum atomic E-state index is 10.9. The molecule has 2 nitrogen and oxygen atoms in total. The van der Waals surface area contributed by atoms with E-state index in [0.29, 0.717) is 0 Å². The lowest BCUT2D eigenvalue weighted by Gasteiger charge is -2.50. The van der Waals surface area contributed by atoms with Gasteiger partial charge in [0.2, 0.25) is 0 Å². The van der Waals surface area contributed by atoms with Crippen LogP contribution in [0.3, 0.4) is 0 Å². The van der Waals surface area contributed by atoms with Gasteiger partial charge in [0.15, 0.2) is 4.87 Å². The maximum absolute atomic E-state index is 10.9. The molecule has 1 fully saturated rings. The van der Waals surface area contributed by atoms with E-state index < -0.39 is 10.5 Å². The summed E-state index contributed by atoms with van der Waals surface area (Å²) in [7, 11) is 0. The first kappa shape index (κ1) is 8.85. The number of rotatable bonds is 2. The lowest BCUT2D eigenvalue weighted by Crippen LogP contribution is -2.66. The van der Waals surface area contributed by atoms with Crippen LogP contribution in [0.4, 0.5) is 0 Å². The van der Waals surface area contributed by atoms with Crippen LogP contribution in [0.2, 0.25) is 0 Å². The number of ether oxygens (including phenoxy) is 1. The molecule has 0 aromatic heterocycles. The normalized spacial score (nSPS) is 34.4. The van der Waals surface area contributed by atoms with Gasteiger partial charge in [-0.25, -0.2) is 4.79 Å². The van der Waals surface area contributed by atoms with E-state index in [-0.39, 0.29) is 5.97 Å². The zero-order chi connectivity index (χ0) is 8.70. The second kappa shape index (κ2) is 2.37. The van der Waals surface area contributed by atoms with Gasteiger partial charge in [-0.05, 0) is 19.8 Å². The summed E-state index contributed by atoms with van der Waals surface area (Å²) in [5.74, 6) is -0.289. The van der Waals surface area contributed by atoms with Gasteiger partial charge in [-0.1, -0.05) is 13.8 Å². The Bertz CT molecular complexity index is 183. The fraction of sp³-hybridized carbons (Fsp3) is 0.875. The number of esters is 1. The largest absolute Gasteiger partial charge is 0.455 e. The van der Waals surface area contributed by atoms with Gasteiger partial charge in [0.25, 0.3) is 0 Å². The van der Waals surface area contributed by atoms with Gasteiger partial charge in [0, 0.05) is 0 Å². The second-order valence-corrected chi connectivity index (χ2v) is 3.85. The Balaban J connectivity index is 2.83. The summed E-state index contributed by atoms with van der Waals surface area (Å²) in [6.07, 6.45) is 1.57. The molecule has 0 amide bonds. The van der Waals surface area contributed by atoms with Crippen LogP contribution in [0.25, 0.3) is 0 Å². The molecule has 0 aliphatic carbocycles. The second-order valence-electron chi connectivity index (χ2n) is 3.09. The Morgan fingerprint density at radius 2 is 1.91 bits per heavy atom. The molecule has 1 saturated heterocycles. The van der Waals surface area contributed by atoms with Crippen LogP contribution in [0, 0.1) is 0 Å². The van der Waals surface area contributed by atoms with Gasteiger partial charge in [-0.15, -0.1) is 11.6 Å². The lowest BCUT2D eigenvalue weighted by molar-refractivity contribution is -0.205. The van der Waals surface area contributed by atoms with Crippen LogP contribution in [0.1, 0.15) is 33.6 Å². The highest BCUT2D eigenvalue weighted by Gasteiger charge is 2.63.